The van der Waals surface area contributed by atoms with E-state index in [1.165, 1.54) is 6.33 Å². The minimum absolute atomic E-state index is 0.115. The number of nitrogens with one attached hydrogen (secondary N) is 1. The molecule has 0 amide bonds. The van der Waals surface area contributed by atoms with Crippen LogP contribution in [0.5, 0.6) is 17.4 Å². The minimum atomic E-state index is -0.558. The fourth-order valence-electron chi connectivity index (χ4n) is 2.37. The first-order chi connectivity index (χ1) is 13.2. The highest BCUT2D eigenvalue weighted by atomic mass is 16.6. The van der Waals surface area contributed by atoms with Gasteiger partial charge in [-0.25, -0.2) is 9.97 Å². The van der Waals surface area contributed by atoms with Crippen molar-refractivity contribution in [2.75, 3.05) is 19.0 Å². The summed E-state index contributed by atoms with van der Waals surface area (Å²) in [4.78, 5) is 22.8. The van der Waals surface area contributed by atoms with Gasteiger partial charge < -0.3 is 19.4 Å². The summed E-state index contributed by atoms with van der Waals surface area (Å²) in [6, 6.07) is 6.67. The summed E-state index contributed by atoms with van der Waals surface area (Å²) in [5.41, 5.74) is -0.309. The predicted molar refractivity (Wildman–Crippen MR) is 97.1 cm³/mol. The Hall–Kier alpha value is -3.69. The van der Waals surface area contributed by atoms with Crippen molar-refractivity contribution >= 4 is 11.5 Å². The van der Waals surface area contributed by atoms with Gasteiger partial charge in [0.25, 0.3) is 0 Å². The quantitative estimate of drug-likeness (QED) is 0.347. The molecular weight excluding hydrogens is 352 g/mol. The number of ether oxygens (including phenoxy) is 2. The van der Waals surface area contributed by atoms with Crippen molar-refractivity contribution in [3.05, 3.63) is 59.4 Å². The first kappa shape index (κ1) is 18.1. The standard InChI is InChI=1S/C17H18N6O4/c1-26-13-3-5-14(6-4-13)27-17-15(23(24)25)16(20-11-21-17)19-7-2-9-22-10-8-18-12-22/h3-6,8,10-12H,2,7,9H2,1H3,(H,19,20,21). The molecule has 0 spiro atoms. The van der Waals surface area contributed by atoms with E-state index in [0.29, 0.717) is 18.0 Å². The van der Waals surface area contributed by atoms with Crippen LogP contribution < -0.4 is 14.8 Å². The van der Waals surface area contributed by atoms with Gasteiger partial charge in [0.1, 0.15) is 17.8 Å². The zero-order valence-electron chi connectivity index (χ0n) is 14.6. The van der Waals surface area contributed by atoms with E-state index in [0.717, 1.165) is 13.0 Å². The van der Waals surface area contributed by atoms with E-state index in [2.05, 4.69) is 20.3 Å². The van der Waals surface area contributed by atoms with E-state index in [1.807, 2.05) is 10.8 Å². The summed E-state index contributed by atoms with van der Waals surface area (Å²) >= 11 is 0. The Morgan fingerprint density at radius 3 is 2.67 bits per heavy atom. The monoisotopic (exact) mass is 370 g/mol. The van der Waals surface area contributed by atoms with Gasteiger partial charge in [-0.2, -0.15) is 4.98 Å². The Balaban J connectivity index is 1.70. The molecule has 27 heavy (non-hydrogen) atoms. The largest absolute Gasteiger partial charge is 0.497 e. The van der Waals surface area contributed by atoms with Crippen molar-refractivity contribution in [2.45, 2.75) is 13.0 Å². The smallest absolute Gasteiger partial charge is 0.373 e. The number of aromatic nitrogens is 4. The third kappa shape index (κ3) is 4.69. The van der Waals surface area contributed by atoms with E-state index in [4.69, 9.17) is 9.47 Å². The second-order valence-corrected chi connectivity index (χ2v) is 5.49. The van der Waals surface area contributed by atoms with Crippen LogP contribution >= 0.6 is 0 Å². The van der Waals surface area contributed by atoms with Crippen molar-refractivity contribution < 1.29 is 14.4 Å². The van der Waals surface area contributed by atoms with Crippen LogP contribution in [-0.4, -0.2) is 38.1 Å². The number of hydrogen-bond donors (Lipinski definition) is 1. The molecule has 0 bridgehead atoms. The van der Waals surface area contributed by atoms with Gasteiger partial charge in [0, 0.05) is 25.5 Å². The van der Waals surface area contributed by atoms with Gasteiger partial charge in [-0.3, -0.25) is 10.1 Å². The molecule has 3 aromatic rings. The SMILES string of the molecule is COc1ccc(Oc2ncnc(NCCCn3ccnc3)c2[N+](=O)[O-])cc1. The number of nitro groups is 1. The van der Waals surface area contributed by atoms with E-state index in [9.17, 15) is 10.1 Å². The maximum absolute atomic E-state index is 11.5. The van der Waals surface area contributed by atoms with Crippen molar-refractivity contribution in [3.63, 3.8) is 0 Å². The number of rotatable bonds is 9. The lowest BCUT2D eigenvalue weighted by molar-refractivity contribution is -0.385. The molecule has 0 unspecified atom stereocenters. The van der Waals surface area contributed by atoms with Gasteiger partial charge in [-0.1, -0.05) is 0 Å². The van der Waals surface area contributed by atoms with Gasteiger partial charge in [0.15, 0.2) is 0 Å². The zero-order valence-corrected chi connectivity index (χ0v) is 14.6. The van der Waals surface area contributed by atoms with Crippen LogP contribution in [0.2, 0.25) is 0 Å². The molecule has 140 valence electrons. The van der Waals surface area contributed by atoms with Crippen molar-refractivity contribution in [2.24, 2.45) is 0 Å². The Morgan fingerprint density at radius 2 is 2.00 bits per heavy atom. The van der Waals surface area contributed by atoms with Crippen LogP contribution in [0.3, 0.4) is 0 Å². The summed E-state index contributed by atoms with van der Waals surface area (Å²) < 4.78 is 12.6. The number of methoxy groups -OCH3 is 1. The second-order valence-electron chi connectivity index (χ2n) is 5.49. The van der Waals surface area contributed by atoms with E-state index < -0.39 is 4.92 Å². The molecule has 2 aromatic heterocycles. The van der Waals surface area contributed by atoms with Crippen LogP contribution in [0, 0.1) is 10.1 Å². The molecule has 0 aliphatic rings. The first-order valence-electron chi connectivity index (χ1n) is 8.18. The second kappa shape index (κ2) is 8.61. The highest BCUT2D eigenvalue weighted by Crippen LogP contribution is 2.34. The summed E-state index contributed by atoms with van der Waals surface area (Å²) in [5, 5.41) is 14.5. The topological polar surface area (TPSA) is 117 Å². The lowest BCUT2D eigenvalue weighted by Crippen LogP contribution is -2.10. The van der Waals surface area contributed by atoms with Crippen LogP contribution in [0.1, 0.15) is 6.42 Å². The molecular formula is C17H18N6O4. The molecule has 0 aliphatic carbocycles. The highest BCUT2D eigenvalue weighted by Gasteiger charge is 2.24. The van der Waals surface area contributed by atoms with Crippen LogP contribution in [0.25, 0.3) is 0 Å². The van der Waals surface area contributed by atoms with E-state index >= 15 is 0 Å². The predicted octanol–water partition coefficient (Wildman–Crippen LogP) is 2.88. The van der Waals surface area contributed by atoms with Gasteiger partial charge in [0.2, 0.25) is 5.82 Å². The van der Waals surface area contributed by atoms with Gasteiger partial charge in [0.05, 0.1) is 18.4 Å². The third-order valence-corrected chi connectivity index (χ3v) is 3.69. The lowest BCUT2D eigenvalue weighted by Gasteiger charge is -2.10. The molecule has 10 heteroatoms. The molecule has 1 N–H and O–H groups in total. The first-order valence-corrected chi connectivity index (χ1v) is 8.18. The molecule has 0 fully saturated rings. The molecule has 0 aliphatic heterocycles. The molecule has 2 heterocycles. The molecule has 0 saturated heterocycles. The molecule has 3 rings (SSSR count). The number of benzene rings is 1. The number of anilines is 1. The van der Waals surface area contributed by atoms with E-state index in [1.54, 1.807) is 43.9 Å². The number of aryl methyl sites for hydroxylation is 1. The highest BCUT2D eigenvalue weighted by molar-refractivity contribution is 5.61. The van der Waals surface area contributed by atoms with Crippen LogP contribution in [0.15, 0.2) is 49.3 Å². The molecule has 10 nitrogen and oxygen atoms in total. The maximum atomic E-state index is 11.5. The summed E-state index contributed by atoms with van der Waals surface area (Å²) in [5.74, 6) is 1.05. The number of hydrogen-bond acceptors (Lipinski definition) is 8. The lowest BCUT2D eigenvalue weighted by atomic mass is 10.3. The molecule has 0 atom stereocenters. The van der Waals surface area contributed by atoms with Crippen LogP contribution in [0.4, 0.5) is 11.5 Å². The number of imidazole rings is 1. The summed E-state index contributed by atoms with van der Waals surface area (Å²) in [7, 11) is 1.55. The van der Waals surface area contributed by atoms with E-state index in [-0.39, 0.29) is 17.4 Å². The Morgan fingerprint density at radius 1 is 1.22 bits per heavy atom. The average Bonchev–Trinajstić information content (AvgIpc) is 3.19. The zero-order chi connectivity index (χ0) is 19.1. The fourth-order valence-corrected chi connectivity index (χ4v) is 2.37. The normalized spacial score (nSPS) is 10.4. The molecule has 0 radical (unpaired) electrons. The third-order valence-electron chi connectivity index (χ3n) is 3.69. The van der Waals surface area contributed by atoms with Crippen molar-refractivity contribution in [3.8, 4) is 17.4 Å². The van der Waals surface area contributed by atoms with Gasteiger partial charge in [-0.15, -0.1) is 0 Å². The Bertz CT molecular complexity index is 883. The van der Waals surface area contributed by atoms with Gasteiger partial charge in [-0.05, 0) is 30.7 Å². The van der Waals surface area contributed by atoms with Crippen molar-refractivity contribution in [1.82, 2.24) is 19.5 Å². The van der Waals surface area contributed by atoms with Crippen LogP contribution in [-0.2, 0) is 6.54 Å². The molecule has 0 saturated carbocycles. The minimum Gasteiger partial charge on any atom is -0.497 e. The Kier molecular flexibility index (Phi) is 5.77. The summed E-state index contributed by atoms with van der Waals surface area (Å²) in [6.45, 7) is 1.24. The maximum Gasteiger partial charge on any atom is 0.373 e. The van der Waals surface area contributed by atoms with Crippen molar-refractivity contribution in [1.29, 1.82) is 0 Å². The average molecular weight is 370 g/mol. The number of nitrogens with zero attached hydrogens (tertiary/aromatic N) is 5. The fraction of sp³-hybridized carbons (Fsp3) is 0.235. The summed E-state index contributed by atoms with van der Waals surface area (Å²) in [6.07, 6.45) is 7.24. The Labute approximate surface area is 155 Å². The molecule has 1 aromatic carbocycles. The van der Waals surface area contributed by atoms with Gasteiger partial charge >= 0.3 is 11.6 Å².